The van der Waals surface area contributed by atoms with Gasteiger partial charge < -0.3 is 0 Å². The summed E-state index contributed by atoms with van der Waals surface area (Å²) in [4.78, 5) is 0.360. The molecule has 0 saturated carbocycles. The lowest BCUT2D eigenvalue weighted by Gasteiger charge is -2.27. The number of halogens is 1. The van der Waals surface area contributed by atoms with Gasteiger partial charge in [0.05, 0.1) is 4.90 Å². The highest BCUT2D eigenvalue weighted by Crippen LogP contribution is 2.23. The minimum absolute atomic E-state index is 0.0236. The normalized spacial score (nSPS) is 13.7. The number of benzene rings is 1. The molecule has 0 aliphatic heterocycles. The van der Waals surface area contributed by atoms with Gasteiger partial charge in [-0.15, -0.1) is 0 Å². The van der Waals surface area contributed by atoms with Crippen molar-refractivity contribution in [3.8, 4) is 0 Å². The Bertz CT molecular complexity index is 502. The second-order valence-electron chi connectivity index (χ2n) is 4.68. The Labute approximate surface area is 125 Å². The molecule has 1 atom stereocenters. The van der Waals surface area contributed by atoms with Gasteiger partial charge in [-0.2, -0.15) is 4.31 Å². The zero-order valence-electron chi connectivity index (χ0n) is 11.8. The van der Waals surface area contributed by atoms with E-state index in [1.165, 1.54) is 0 Å². The molecular formula is C14H22BrNO2S. The van der Waals surface area contributed by atoms with Crippen LogP contribution in [0.3, 0.4) is 0 Å². The minimum Gasteiger partial charge on any atom is -0.207 e. The number of unbranched alkanes of at least 4 members (excludes halogenated alkanes) is 1. The molecule has 1 aromatic carbocycles. The summed E-state index contributed by atoms with van der Waals surface area (Å²) in [6.45, 7) is 6.63. The van der Waals surface area contributed by atoms with Gasteiger partial charge in [-0.1, -0.05) is 42.3 Å². The maximum Gasteiger partial charge on any atom is 0.243 e. The third kappa shape index (κ3) is 4.29. The van der Waals surface area contributed by atoms with Crippen molar-refractivity contribution in [3.05, 3.63) is 28.7 Å². The zero-order valence-corrected chi connectivity index (χ0v) is 14.2. The van der Waals surface area contributed by atoms with Gasteiger partial charge in [0.1, 0.15) is 0 Å². The third-order valence-corrected chi connectivity index (χ3v) is 5.72. The van der Waals surface area contributed by atoms with Crippen LogP contribution in [0.4, 0.5) is 0 Å². The summed E-state index contributed by atoms with van der Waals surface area (Å²) in [5.74, 6) is 0. The topological polar surface area (TPSA) is 37.4 Å². The SMILES string of the molecule is CCCCN(C(C)CC)S(=O)(=O)c1cccc(Br)c1. The van der Waals surface area contributed by atoms with E-state index in [2.05, 4.69) is 22.9 Å². The van der Waals surface area contributed by atoms with Gasteiger partial charge in [0, 0.05) is 17.1 Å². The Hall–Kier alpha value is -0.390. The number of rotatable bonds is 7. The summed E-state index contributed by atoms with van der Waals surface area (Å²) in [6, 6.07) is 6.93. The van der Waals surface area contributed by atoms with E-state index in [0.717, 1.165) is 23.7 Å². The molecule has 3 nitrogen and oxygen atoms in total. The lowest BCUT2D eigenvalue weighted by atomic mass is 10.2. The zero-order chi connectivity index (χ0) is 14.5. The first kappa shape index (κ1) is 16.7. The van der Waals surface area contributed by atoms with Crippen molar-refractivity contribution in [2.24, 2.45) is 0 Å². The summed E-state index contributed by atoms with van der Waals surface area (Å²) in [5, 5.41) is 0. The molecule has 0 fully saturated rings. The molecule has 1 unspecified atom stereocenters. The highest BCUT2D eigenvalue weighted by molar-refractivity contribution is 9.10. The summed E-state index contributed by atoms with van der Waals surface area (Å²) >= 11 is 3.33. The fourth-order valence-electron chi connectivity index (χ4n) is 1.86. The average Bonchev–Trinajstić information content (AvgIpc) is 2.38. The van der Waals surface area contributed by atoms with Crippen molar-refractivity contribution in [1.29, 1.82) is 0 Å². The molecule has 0 N–H and O–H groups in total. The van der Waals surface area contributed by atoms with Crippen LogP contribution in [0.5, 0.6) is 0 Å². The predicted octanol–water partition coefficient (Wildman–Crippen LogP) is 4.04. The molecule has 1 rings (SSSR count). The maximum absolute atomic E-state index is 12.7. The average molecular weight is 348 g/mol. The Balaban J connectivity index is 3.11. The molecule has 108 valence electrons. The van der Waals surface area contributed by atoms with E-state index >= 15 is 0 Å². The Morgan fingerprint density at radius 2 is 2.00 bits per heavy atom. The van der Waals surface area contributed by atoms with Crippen LogP contribution in [-0.4, -0.2) is 25.3 Å². The van der Waals surface area contributed by atoms with Gasteiger partial charge in [-0.3, -0.25) is 0 Å². The van der Waals surface area contributed by atoms with E-state index in [1.54, 1.807) is 22.5 Å². The Morgan fingerprint density at radius 3 is 2.53 bits per heavy atom. The van der Waals surface area contributed by atoms with Crippen molar-refractivity contribution in [3.63, 3.8) is 0 Å². The lowest BCUT2D eigenvalue weighted by molar-refractivity contribution is 0.324. The molecule has 0 aliphatic carbocycles. The minimum atomic E-state index is -3.40. The van der Waals surface area contributed by atoms with Crippen molar-refractivity contribution in [2.45, 2.75) is 51.0 Å². The highest BCUT2D eigenvalue weighted by atomic mass is 79.9. The smallest absolute Gasteiger partial charge is 0.207 e. The number of hydrogen-bond donors (Lipinski definition) is 0. The van der Waals surface area contributed by atoms with Crippen LogP contribution in [0, 0.1) is 0 Å². The van der Waals surface area contributed by atoms with Crippen LogP contribution < -0.4 is 0 Å². The molecule has 0 aromatic heterocycles. The molecule has 0 saturated heterocycles. The van der Waals surface area contributed by atoms with Gasteiger partial charge in [0.15, 0.2) is 0 Å². The van der Waals surface area contributed by atoms with Crippen molar-refractivity contribution in [2.75, 3.05) is 6.54 Å². The summed E-state index contributed by atoms with van der Waals surface area (Å²) in [7, 11) is -3.40. The van der Waals surface area contributed by atoms with Crippen LogP contribution in [0.15, 0.2) is 33.6 Å². The Kier molecular flexibility index (Phi) is 6.50. The molecule has 0 aliphatic rings. The van der Waals surface area contributed by atoms with Gasteiger partial charge in [-0.25, -0.2) is 8.42 Å². The largest absolute Gasteiger partial charge is 0.243 e. The predicted molar refractivity (Wildman–Crippen MR) is 82.7 cm³/mol. The lowest BCUT2D eigenvalue weighted by Crippen LogP contribution is -2.39. The first-order chi connectivity index (χ1) is 8.93. The molecule has 0 bridgehead atoms. The van der Waals surface area contributed by atoms with Gasteiger partial charge in [0.25, 0.3) is 0 Å². The van der Waals surface area contributed by atoms with Gasteiger partial charge >= 0.3 is 0 Å². The van der Waals surface area contributed by atoms with E-state index in [-0.39, 0.29) is 6.04 Å². The molecule has 0 spiro atoms. The van der Waals surface area contributed by atoms with Crippen LogP contribution >= 0.6 is 15.9 Å². The van der Waals surface area contributed by atoms with E-state index in [9.17, 15) is 8.42 Å². The molecule has 0 amide bonds. The van der Waals surface area contributed by atoms with Crippen molar-refractivity contribution in [1.82, 2.24) is 4.31 Å². The van der Waals surface area contributed by atoms with Crippen LogP contribution in [-0.2, 0) is 10.0 Å². The monoisotopic (exact) mass is 347 g/mol. The molecule has 19 heavy (non-hydrogen) atoms. The molecule has 0 heterocycles. The quantitative estimate of drug-likeness (QED) is 0.746. The molecular weight excluding hydrogens is 326 g/mol. The van der Waals surface area contributed by atoms with Crippen LogP contribution in [0.1, 0.15) is 40.0 Å². The maximum atomic E-state index is 12.7. The van der Waals surface area contributed by atoms with E-state index in [4.69, 9.17) is 0 Å². The molecule has 1 aromatic rings. The van der Waals surface area contributed by atoms with E-state index in [0.29, 0.717) is 11.4 Å². The first-order valence-electron chi connectivity index (χ1n) is 6.70. The fourth-order valence-corrected chi connectivity index (χ4v) is 4.20. The summed E-state index contributed by atoms with van der Waals surface area (Å²) in [6.07, 6.45) is 2.69. The van der Waals surface area contributed by atoms with Gasteiger partial charge in [-0.05, 0) is 38.0 Å². The van der Waals surface area contributed by atoms with Crippen LogP contribution in [0.2, 0.25) is 0 Å². The summed E-state index contributed by atoms with van der Waals surface area (Å²) < 4.78 is 27.8. The summed E-state index contributed by atoms with van der Waals surface area (Å²) in [5.41, 5.74) is 0. The van der Waals surface area contributed by atoms with Gasteiger partial charge in [0.2, 0.25) is 10.0 Å². The second kappa shape index (κ2) is 7.41. The fraction of sp³-hybridized carbons (Fsp3) is 0.571. The molecule has 5 heteroatoms. The van der Waals surface area contributed by atoms with Crippen molar-refractivity contribution >= 4 is 26.0 Å². The number of hydrogen-bond acceptors (Lipinski definition) is 2. The van der Waals surface area contributed by atoms with E-state index in [1.807, 2.05) is 19.9 Å². The number of nitrogens with zero attached hydrogens (tertiary/aromatic N) is 1. The first-order valence-corrected chi connectivity index (χ1v) is 8.94. The molecule has 0 radical (unpaired) electrons. The Morgan fingerprint density at radius 1 is 1.32 bits per heavy atom. The standard InChI is InChI=1S/C14H22BrNO2S/c1-4-6-10-16(12(3)5-2)19(17,18)14-9-7-8-13(15)11-14/h7-9,11-12H,4-6,10H2,1-3H3. The highest BCUT2D eigenvalue weighted by Gasteiger charge is 2.27. The van der Waals surface area contributed by atoms with Crippen LogP contribution in [0.25, 0.3) is 0 Å². The number of sulfonamides is 1. The third-order valence-electron chi connectivity index (χ3n) is 3.22. The van der Waals surface area contributed by atoms with E-state index < -0.39 is 10.0 Å². The van der Waals surface area contributed by atoms with Crippen molar-refractivity contribution < 1.29 is 8.42 Å². The second-order valence-corrected chi connectivity index (χ2v) is 7.49.